The van der Waals surface area contributed by atoms with Crippen LogP contribution >= 0.6 is 0 Å². The first-order valence-corrected chi connectivity index (χ1v) is 9.09. The Labute approximate surface area is 147 Å². The summed E-state index contributed by atoms with van der Waals surface area (Å²) < 4.78 is 5.74. The molecule has 25 heavy (non-hydrogen) atoms. The van der Waals surface area contributed by atoms with Gasteiger partial charge in [-0.2, -0.15) is 0 Å². The fourth-order valence-electron chi connectivity index (χ4n) is 4.65. The van der Waals surface area contributed by atoms with Crippen molar-refractivity contribution in [2.45, 2.75) is 37.3 Å². The molecular formula is C21H22N2O2. The second-order valence-electron chi connectivity index (χ2n) is 7.48. The van der Waals surface area contributed by atoms with Crippen molar-refractivity contribution in [3.8, 4) is 5.75 Å². The zero-order chi connectivity index (χ0) is 17.0. The molecule has 0 spiro atoms. The van der Waals surface area contributed by atoms with E-state index in [0.717, 1.165) is 12.2 Å². The molecule has 1 heterocycles. The first-order chi connectivity index (χ1) is 12.2. The highest BCUT2D eigenvalue weighted by molar-refractivity contribution is 5.76. The van der Waals surface area contributed by atoms with Gasteiger partial charge in [-0.15, -0.1) is 0 Å². The molecule has 1 aliphatic heterocycles. The van der Waals surface area contributed by atoms with Crippen LogP contribution in [0.4, 0.5) is 4.79 Å². The number of urea groups is 1. The maximum absolute atomic E-state index is 12.5. The molecule has 2 amide bonds. The Balaban J connectivity index is 1.20. The fraction of sp³-hybridized carbons (Fsp3) is 0.381. The molecule has 4 heteroatoms. The monoisotopic (exact) mass is 334 g/mol. The molecule has 3 aliphatic rings. The van der Waals surface area contributed by atoms with Gasteiger partial charge < -0.3 is 15.4 Å². The molecule has 0 aromatic heterocycles. The second kappa shape index (κ2) is 5.51. The van der Waals surface area contributed by atoms with Crippen LogP contribution in [-0.2, 0) is 6.42 Å². The summed E-state index contributed by atoms with van der Waals surface area (Å²) in [6, 6.07) is 16.9. The minimum absolute atomic E-state index is 0.0366. The number of fused-ring (bicyclic) bond motifs is 4. The number of nitrogens with one attached hydrogen (secondary N) is 2. The Morgan fingerprint density at radius 1 is 1.12 bits per heavy atom. The zero-order valence-electron chi connectivity index (χ0n) is 14.2. The molecule has 2 aromatic rings. The first kappa shape index (κ1) is 14.8. The Morgan fingerprint density at radius 3 is 2.76 bits per heavy atom. The predicted molar refractivity (Wildman–Crippen MR) is 96.0 cm³/mol. The van der Waals surface area contributed by atoms with Crippen LogP contribution in [0.2, 0.25) is 0 Å². The number of carbonyl (C=O) groups is 1. The number of para-hydroxylation sites is 1. The molecule has 1 saturated carbocycles. The summed E-state index contributed by atoms with van der Waals surface area (Å²) in [5, 5.41) is 6.30. The van der Waals surface area contributed by atoms with Crippen LogP contribution in [0.15, 0.2) is 48.5 Å². The molecule has 5 rings (SSSR count). The molecule has 0 radical (unpaired) electrons. The van der Waals surface area contributed by atoms with Crippen molar-refractivity contribution in [1.82, 2.24) is 10.6 Å². The molecule has 0 saturated heterocycles. The lowest BCUT2D eigenvalue weighted by molar-refractivity contribution is 0.232. The van der Waals surface area contributed by atoms with Crippen LogP contribution in [0, 0.1) is 5.92 Å². The summed E-state index contributed by atoms with van der Waals surface area (Å²) in [5.74, 6) is 2.23. The lowest BCUT2D eigenvalue weighted by atomic mass is 9.94. The van der Waals surface area contributed by atoms with E-state index in [-0.39, 0.29) is 24.0 Å². The van der Waals surface area contributed by atoms with E-state index < -0.39 is 0 Å². The van der Waals surface area contributed by atoms with Gasteiger partial charge in [-0.3, -0.25) is 0 Å². The smallest absolute Gasteiger partial charge is 0.315 e. The third kappa shape index (κ3) is 2.39. The number of carbonyl (C=O) groups excluding carboxylic acids is 1. The van der Waals surface area contributed by atoms with Crippen molar-refractivity contribution < 1.29 is 9.53 Å². The molecule has 2 aliphatic carbocycles. The van der Waals surface area contributed by atoms with Gasteiger partial charge in [0.05, 0.1) is 6.61 Å². The third-order valence-corrected chi connectivity index (χ3v) is 6.04. The van der Waals surface area contributed by atoms with E-state index >= 15 is 0 Å². The van der Waals surface area contributed by atoms with E-state index in [0.29, 0.717) is 18.4 Å². The molecule has 5 atom stereocenters. The molecule has 2 aromatic carbocycles. The lowest BCUT2D eigenvalue weighted by Crippen LogP contribution is -2.45. The molecule has 128 valence electrons. The average Bonchev–Trinajstić information content (AvgIpc) is 3.00. The van der Waals surface area contributed by atoms with Gasteiger partial charge in [0.25, 0.3) is 0 Å². The van der Waals surface area contributed by atoms with Crippen LogP contribution < -0.4 is 15.4 Å². The quantitative estimate of drug-likeness (QED) is 0.906. The molecule has 0 bridgehead atoms. The highest BCUT2D eigenvalue weighted by atomic mass is 16.5. The fourth-order valence-corrected chi connectivity index (χ4v) is 4.65. The highest BCUT2D eigenvalue weighted by Crippen LogP contribution is 2.56. The third-order valence-electron chi connectivity index (χ3n) is 6.04. The number of hydrogen-bond acceptors (Lipinski definition) is 2. The SMILES string of the molecule is CC(NC(=O)NC1C2Cc3ccccc3C21)C1COc2ccccc21. The van der Waals surface area contributed by atoms with Crippen molar-refractivity contribution in [3.63, 3.8) is 0 Å². The summed E-state index contributed by atoms with van der Waals surface area (Å²) in [6.07, 6.45) is 1.09. The van der Waals surface area contributed by atoms with E-state index in [9.17, 15) is 4.79 Å². The second-order valence-corrected chi connectivity index (χ2v) is 7.48. The van der Waals surface area contributed by atoms with E-state index in [4.69, 9.17) is 4.74 Å². The molecule has 4 nitrogen and oxygen atoms in total. The Bertz CT molecular complexity index is 834. The Morgan fingerprint density at radius 2 is 1.88 bits per heavy atom. The number of rotatable bonds is 3. The van der Waals surface area contributed by atoms with Crippen molar-refractivity contribution in [2.75, 3.05) is 6.61 Å². The van der Waals surface area contributed by atoms with Gasteiger partial charge >= 0.3 is 6.03 Å². The van der Waals surface area contributed by atoms with E-state index in [1.807, 2.05) is 18.2 Å². The van der Waals surface area contributed by atoms with Crippen molar-refractivity contribution in [3.05, 3.63) is 65.2 Å². The summed E-state index contributed by atoms with van der Waals surface area (Å²) in [4.78, 5) is 12.5. The topological polar surface area (TPSA) is 50.4 Å². The van der Waals surface area contributed by atoms with Crippen molar-refractivity contribution >= 4 is 6.03 Å². The van der Waals surface area contributed by atoms with E-state index in [1.54, 1.807) is 0 Å². The largest absolute Gasteiger partial charge is 0.493 e. The van der Waals surface area contributed by atoms with Gasteiger partial charge in [0, 0.05) is 29.5 Å². The summed E-state index contributed by atoms with van der Waals surface area (Å²) in [6.45, 7) is 2.68. The van der Waals surface area contributed by atoms with Gasteiger partial charge in [0.2, 0.25) is 0 Å². The van der Waals surface area contributed by atoms with Gasteiger partial charge in [-0.1, -0.05) is 42.5 Å². The lowest BCUT2D eigenvalue weighted by Gasteiger charge is -2.20. The standard InChI is InChI=1S/C21H22N2O2/c1-12(17-11-25-18-9-5-4-8-15(17)18)22-21(24)23-20-16-10-13-6-2-3-7-14(13)19(16)20/h2-9,12,16-17,19-20H,10-11H2,1H3,(H2,22,23,24). The minimum Gasteiger partial charge on any atom is -0.493 e. The molecule has 1 fully saturated rings. The van der Waals surface area contributed by atoms with Crippen LogP contribution in [0.5, 0.6) is 5.75 Å². The summed E-state index contributed by atoms with van der Waals surface area (Å²) >= 11 is 0. The first-order valence-electron chi connectivity index (χ1n) is 9.09. The van der Waals surface area contributed by atoms with Gasteiger partial charge in [0.1, 0.15) is 5.75 Å². The van der Waals surface area contributed by atoms with Gasteiger partial charge in [0.15, 0.2) is 0 Å². The number of hydrogen-bond donors (Lipinski definition) is 2. The minimum atomic E-state index is -0.0613. The normalized spacial score (nSPS) is 29.0. The highest BCUT2D eigenvalue weighted by Gasteiger charge is 2.56. The average molecular weight is 334 g/mol. The number of amides is 2. The summed E-state index contributed by atoms with van der Waals surface area (Å²) in [7, 11) is 0. The molecule has 5 unspecified atom stereocenters. The predicted octanol–water partition coefficient (Wildman–Crippen LogP) is 3.19. The van der Waals surface area contributed by atoms with Gasteiger partial charge in [-0.05, 0) is 36.5 Å². The van der Waals surface area contributed by atoms with Crippen molar-refractivity contribution in [1.29, 1.82) is 0 Å². The molecular weight excluding hydrogens is 312 g/mol. The maximum Gasteiger partial charge on any atom is 0.315 e. The van der Waals surface area contributed by atoms with Crippen LogP contribution in [0.25, 0.3) is 0 Å². The number of ether oxygens (including phenoxy) is 1. The van der Waals surface area contributed by atoms with E-state index in [2.05, 4.69) is 47.9 Å². The Hall–Kier alpha value is -2.49. The van der Waals surface area contributed by atoms with Crippen LogP contribution in [0.3, 0.4) is 0 Å². The summed E-state index contributed by atoms with van der Waals surface area (Å²) in [5.41, 5.74) is 4.06. The maximum atomic E-state index is 12.5. The van der Waals surface area contributed by atoms with Crippen molar-refractivity contribution in [2.24, 2.45) is 5.92 Å². The van der Waals surface area contributed by atoms with Gasteiger partial charge in [-0.25, -0.2) is 4.79 Å². The molecule has 2 N–H and O–H groups in total. The van der Waals surface area contributed by atoms with Crippen LogP contribution in [0.1, 0.15) is 35.4 Å². The zero-order valence-corrected chi connectivity index (χ0v) is 14.2. The Kier molecular flexibility index (Phi) is 3.27. The number of benzene rings is 2. The van der Waals surface area contributed by atoms with E-state index in [1.165, 1.54) is 16.7 Å². The van der Waals surface area contributed by atoms with Crippen LogP contribution in [-0.4, -0.2) is 24.7 Å².